The minimum Gasteiger partial charge on any atom is -0.497 e. The zero-order chi connectivity index (χ0) is 19.2. The molecule has 0 bridgehead atoms. The Balaban J connectivity index is 1.58. The van der Waals surface area contributed by atoms with Gasteiger partial charge in [0.15, 0.2) is 0 Å². The van der Waals surface area contributed by atoms with E-state index in [0.717, 1.165) is 22.6 Å². The Bertz CT molecular complexity index is 860. The van der Waals surface area contributed by atoms with Crippen LogP contribution in [0.1, 0.15) is 24.1 Å². The first-order valence-electron chi connectivity index (χ1n) is 8.67. The largest absolute Gasteiger partial charge is 0.497 e. The zero-order valence-corrected chi connectivity index (χ0v) is 15.7. The first kappa shape index (κ1) is 18.4. The van der Waals surface area contributed by atoms with Crippen LogP contribution in [0.25, 0.3) is 5.69 Å². The smallest absolute Gasteiger partial charge is 0.317 e. The van der Waals surface area contributed by atoms with Crippen LogP contribution in [0.5, 0.6) is 5.75 Å². The minimum atomic E-state index is -0.126. The summed E-state index contributed by atoms with van der Waals surface area (Å²) in [6, 6.07) is 15.4. The molecule has 3 rings (SSSR count). The molecule has 0 radical (unpaired) electrons. The fraction of sp³-hybridized carbons (Fsp3) is 0.250. The van der Waals surface area contributed by atoms with Gasteiger partial charge in [-0.05, 0) is 42.3 Å². The molecular formula is C20H23N5O2. The van der Waals surface area contributed by atoms with Crippen molar-refractivity contribution in [1.29, 1.82) is 0 Å². The molecule has 0 aliphatic rings. The van der Waals surface area contributed by atoms with Gasteiger partial charge in [0.2, 0.25) is 0 Å². The van der Waals surface area contributed by atoms with E-state index < -0.39 is 0 Å². The number of methoxy groups -OCH3 is 1. The van der Waals surface area contributed by atoms with Crippen LogP contribution in [0.15, 0.2) is 61.2 Å². The van der Waals surface area contributed by atoms with Crippen LogP contribution in [-0.4, -0.2) is 39.9 Å². The third-order valence-electron chi connectivity index (χ3n) is 4.56. The Kier molecular flexibility index (Phi) is 5.71. The Morgan fingerprint density at radius 1 is 1.19 bits per heavy atom. The van der Waals surface area contributed by atoms with Crippen LogP contribution in [0, 0.1) is 0 Å². The maximum absolute atomic E-state index is 12.5. The third kappa shape index (κ3) is 4.44. The van der Waals surface area contributed by atoms with E-state index in [4.69, 9.17) is 4.74 Å². The summed E-state index contributed by atoms with van der Waals surface area (Å²) in [5.74, 6) is 0.796. The molecule has 0 aliphatic carbocycles. The lowest BCUT2D eigenvalue weighted by atomic mass is 10.1. The van der Waals surface area contributed by atoms with Crippen molar-refractivity contribution in [2.75, 3.05) is 14.2 Å². The molecule has 27 heavy (non-hydrogen) atoms. The lowest BCUT2D eigenvalue weighted by Gasteiger charge is -2.26. The number of amides is 2. The van der Waals surface area contributed by atoms with Crippen molar-refractivity contribution in [2.24, 2.45) is 0 Å². The van der Waals surface area contributed by atoms with Crippen LogP contribution in [-0.2, 0) is 6.54 Å². The highest BCUT2D eigenvalue weighted by Gasteiger charge is 2.17. The van der Waals surface area contributed by atoms with Crippen molar-refractivity contribution in [2.45, 2.75) is 19.5 Å². The maximum Gasteiger partial charge on any atom is 0.317 e. The zero-order valence-electron chi connectivity index (χ0n) is 15.7. The van der Waals surface area contributed by atoms with E-state index in [9.17, 15) is 4.79 Å². The van der Waals surface area contributed by atoms with Crippen molar-refractivity contribution in [3.63, 3.8) is 0 Å². The summed E-state index contributed by atoms with van der Waals surface area (Å²) in [6.07, 6.45) is 3.15. The van der Waals surface area contributed by atoms with Crippen LogP contribution in [0.4, 0.5) is 4.79 Å². The number of hydrogen-bond acceptors (Lipinski definition) is 4. The maximum atomic E-state index is 12.5. The van der Waals surface area contributed by atoms with E-state index >= 15 is 0 Å². The van der Waals surface area contributed by atoms with Crippen molar-refractivity contribution < 1.29 is 9.53 Å². The molecule has 3 aromatic rings. The molecule has 2 amide bonds. The molecule has 0 saturated heterocycles. The summed E-state index contributed by atoms with van der Waals surface area (Å²) < 4.78 is 6.84. The molecule has 1 unspecified atom stereocenters. The highest BCUT2D eigenvalue weighted by atomic mass is 16.5. The van der Waals surface area contributed by atoms with Crippen LogP contribution < -0.4 is 10.1 Å². The van der Waals surface area contributed by atoms with Crippen LogP contribution in [0.2, 0.25) is 0 Å². The summed E-state index contributed by atoms with van der Waals surface area (Å²) in [6.45, 7) is 2.46. The second kappa shape index (κ2) is 8.35. The normalized spacial score (nSPS) is 11.7. The van der Waals surface area contributed by atoms with Gasteiger partial charge in [-0.25, -0.2) is 14.5 Å². The van der Waals surface area contributed by atoms with Gasteiger partial charge in [0.25, 0.3) is 0 Å². The number of nitrogens with zero attached hydrogens (tertiary/aromatic N) is 4. The second-order valence-electron chi connectivity index (χ2n) is 6.23. The highest BCUT2D eigenvalue weighted by molar-refractivity contribution is 5.74. The highest BCUT2D eigenvalue weighted by Crippen LogP contribution is 2.20. The van der Waals surface area contributed by atoms with Crippen LogP contribution in [0.3, 0.4) is 0 Å². The Hall–Kier alpha value is -3.35. The number of urea groups is 1. The molecule has 1 N–H and O–H groups in total. The quantitative estimate of drug-likeness (QED) is 0.728. The van der Waals surface area contributed by atoms with Gasteiger partial charge < -0.3 is 15.0 Å². The van der Waals surface area contributed by atoms with Gasteiger partial charge >= 0.3 is 6.03 Å². The minimum absolute atomic E-state index is 0.0642. The van der Waals surface area contributed by atoms with Crippen LogP contribution >= 0.6 is 0 Å². The SMILES string of the molecule is COc1ccc(CNC(=O)N(C)C(C)c2ccc(-n3cncn3)cc2)cc1. The summed E-state index contributed by atoms with van der Waals surface area (Å²) in [4.78, 5) is 18.1. The average molecular weight is 365 g/mol. The predicted molar refractivity (Wildman–Crippen MR) is 103 cm³/mol. The number of ether oxygens (including phenoxy) is 1. The molecule has 7 heteroatoms. The number of rotatable bonds is 6. The molecule has 0 saturated carbocycles. The van der Waals surface area contributed by atoms with E-state index in [1.165, 1.54) is 6.33 Å². The number of nitrogens with one attached hydrogen (secondary N) is 1. The van der Waals surface area contributed by atoms with Crippen molar-refractivity contribution in [1.82, 2.24) is 25.0 Å². The second-order valence-corrected chi connectivity index (χ2v) is 6.23. The van der Waals surface area contributed by atoms with E-state index in [0.29, 0.717) is 6.54 Å². The van der Waals surface area contributed by atoms with Gasteiger partial charge in [0.05, 0.1) is 18.8 Å². The summed E-state index contributed by atoms with van der Waals surface area (Å²) in [5.41, 5.74) is 2.98. The average Bonchev–Trinajstić information content (AvgIpc) is 3.26. The van der Waals surface area contributed by atoms with Gasteiger partial charge in [0.1, 0.15) is 18.4 Å². The van der Waals surface area contributed by atoms with Gasteiger partial charge in [0, 0.05) is 13.6 Å². The van der Waals surface area contributed by atoms with Crippen molar-refractivity contribution in [3.8, 4) is 11.4 Å². The molecule has 0 spiro atoms. The number of carbonyl (C=O) groups excluding carboxylic acids is 1. The van der Waals surface area contributed by atoms with Crippen molar-refractivity contribution >= 4 is 6.03 Å². The third-order valence-corrected chi connectivity index (χ3v) is 4.56. The number of hydrogen-bond donors (Lipinski definition) is 1. The lowest BCUT2D eigenvalue weighted by molar-refractivity contribution is 0.194. The van der Waals surface area contributed by atoms with Gasteiger partial charge in [-0.2, -0.15) is 5.10 Å². The Morgan fingerprint density at radius 2 is 1.89 bits per heavy atom. The summed E-state index contributed by atoms with van der Waals surface area (Å²) >= 11 is 0. The molecule has 1 atom stereocenters. The molecule has 0 fully saturated rings. The number of benzene rings is 2. The monoisotopic (exact) mass is 365 g/mol. The molecule has 1 aromatic heterocycles. The fourth-order valence-corrected chi connectivity index (χ4v) is 2.69. The Labute approximate surface area is 158 Å². The van der Waals surface area contributed by atoms with E-state index in [-0.39, 0.29) is 12.1 Å². The molecule has 2 aromatic carbocycles. The van der Waals surface area contributed by atoms with Crippen molar-refractivity contribution in [3.05, 3.63) is 72.3 Å². The predicted octanol–water partition coefficient (Wildman–Crippen LogP) is 3.18. The molecule has 7 nitrogen and oxygen atoms in total. The first-order valence-corrected chi connectivity index (χ1v) is 8.67. The Morgan fingerprint density at radius 3 is 2.48 bits per heavy atom. The van der Waals surface area contributed by atoms with Gasteiger partial charge in [-0.3, -0.25) is 0 Å². The fourth-order valence-electron chi connectivity index (χ4n) is 2.69. The topological polar surface area (TPSA) is 72.3 Å². The lowest BCUT2D eigenvalue weighted by Crippen LogP contribution is -2.38. The van der Waals surface area contributed by atoms with E-state index in [2.05, 4.69) is 15.4 Å². The summed E-state index contributed by atoms with van der Waals surface area (Å²) in [7, 11) is 3.42. The van der Waals surface area contributed by atoms with Gasteiger partial charge in [-0.1, -0.05) is 24.3 Å². The molecule has 0 aliphatic heterocycles. The number of aromatic nitrogens is 3. The van der Waals surface area contributed by atoms with Gasteiger partial charge in [-0.15, -0.1) is 0 Å². The molecule has 1 heterocycles. The summed E-state index contributed by atoms with van der Waals surface area (Å²) in [5, 5.41) is 7.06. The first-order chi connectivity index (χ1) is 13.1. The standard InChI is InChI=1S/C20H23N5O2/c1-15(17-6-8-18(9-7-17)25-14-21-13-23-25)24(2)20(26)22-12-16-4-10-19(27-3)11-5-16/h4-11,13-15H,12H2,1-3H3,(H,22,26). The molecular weight excluding hydrogens is 342 g/mol. The van der Waals surface area contributed by atoms with E-state index in [1.807, 2.05) is 55.5 Å². The van der Waals surface area contributed by atoms with E-state index in [1.54, 1.807) is 30.1 Å². The number of carbonyl (C=O) groups is 1. The molecule has 140 valence electrons.